The van der Waals surface area contributed by atoms with Gasteiger partial charge in [0.2, 0.25) is 0 Å². The van der Waals surface area contributed by atoms with Gasteiger partial charge in [0.05, 0.1) is 5.69 Å². The van der Waals surface area contributed by atoms with E-state index < -0.39 is 0 Å². The van der Waals surface area contributed by atoms with E-state index in [4.69, 9.17) is 4.74 Å². The summed E-state index contributed by atoms with van der Waals surface area (Å²) in [4.78, 5) is 15.0. The van der Waals surface area contributed by atoms with Crippen molar-refractivity contribution in [1.29, 1.82) is 0 Å². The molecule has 0 aliphatic carbocycles. The van der Waals surface area contributed by atoms with Gasteiger partial charge in [-0.2, -0.15) is 5.10 Å². The van der Waals surface area contributed by atoms with E-state index in [-0.39, 0.29) is 11.9 Å². The molecule has 2 aromatic rings. The minimum atomic E-state index is 0.0389. The van der Waals surface area contributed by atoms with E-state index in [0.717, 1.165) is 42.0 Å². The van der Waals surface area contributed by atoms with Gasteiger partial charge in [0, 0.05) is 30.8 Å². The van der Waals surface area contributed by atoms with Crippen molar-refractivity contribution >= 4 is 5.91 Å². The van der Waals surface area contributed by atoms with Gasteiger partial charge in [0.25, 0.3) is 5.91 Å². The Bertz CT molecular complexity index is 766. The number of aromatic nitrogens is 2. The number of para-hydroxylation sites is 1. The van der Waals surface area contributed by atoms with E-state index in [9.17, 15) is 4.79 Å². The Kier molecular flexibility index (Phi) is 3.36. The summed E-state index contributed by atoms with van der Waals surface area (Å²) >= 11 is 0. The molecule has 1 aromatic carbocycles. The molecule has 0 spiro atoms. The zero-order valence-corrected chi connectivity index (χ0v) is 13.6. The molecule has 1 atom stereocenters. The Balaban J connectivity index is 1.77. The summed E-state index contributed by atoms with van der Waals surface area (Å²) in [5, 5.41) is 4.55. The van der Waals surface area contributed by atoms with E-state index in [1.54, 1.807) is 0 Å². The highest BCUT2D eigenvalue weighted by Crippen LogP contribution is 2.38. The number of likely N-dealkylation sites (tertiary alicyclic amines) is 1. The van der Waals surface area contributed by atoms with E-state index in [1.165, 1.54) is 6.42 Å². The van der Waals surface area contributed by atoms with E-state index >= 15 is 0 Å². The molecule has 0 bridgehead atoms. The minimum absolute atomic E-state index is 0.0389. The van der Waals surface area contributed by atoms with Crippen LogP contribution in [0.2, 0.25) is 0 Å². The number of nitrogens with zero attached hydrogens (tertiary/aromatic N) is 3. The van der Waals surface area contributed by atoms with Gasteiger partial charge in [-0.05, 0) is 38.3 Å². The van der Waals surface area contributed by atoms with Crippen molar-refractivity contribution in [3.05, 3.63) is 35.5 Å². The zero-order chi connectivity index (χ0) is 16.0. The normalized spacial score (nSPS) is 19.7. The molecule has 3 heterocycles. The van der Waals surface area contributed by atoms with Crippen LogP contribution in [0.25, 0.3) is 11.3 Å². The number of piperidine rings is 1. The average molecular weight is 311 g/mol. The molecule has 5 nitrogen and oxygen atoms in total. The second-order valence-corrected chi connectivity index (χ2v) is 6.43. The molecule has 23 heavy (non-hydrogen) atoms. The molecule has 0 saturated carbocycles. The van der Waals surface area contributed by atoms with Crippen LogP contribution in [0.15, 0.2) is 24.3 Å². The molecule has 1 aromatic heterocycles. The van der Waals surface area contributed by atoms with Crippen LogP contribution in [0.5, 0.6) is 5.75 Å². The van der Waals surface area contributed by atoms with Crippen LogP contribution in [-0.4, -0.2) is 33.2 Å². The second-order valence-electron chi connectivity index (χ2n) is 6.43. The van der Waals surface area contributed by atoms with E-state index in [0.29, 0.717) is 12.3 Å². The Labute approximate surface area is 135 Å². The van der Waals surface area contributed by atoms with Crippen LogP contribution >= 0.6 is 0 Å². The first-order valence-corrected chi connectivity index (χ1v) is 8.26. The highest BCUT2D eigenvalue weighted by atomic mass is 16.5. The molecule has 1 saturated heterocycles. The van der Waals surface area contributed by atoms with Crippen LogP contribution in [0.3, 0.4) is 0 Å². The molecule has 2 aliphatic heterocycles. The van der Waals surface area contributed by atoms with Crippen molar-refractivity contribution in [3.8, 4) is 17.0 Å². The Morgan fingerprint density at radius 3 is 2.96 bits per heavy atom. The lowest BCUT2D eigenvalue weighted by Gasteiger charge is -2.33. The van der Waals surface area contributed by atoms with Gasteiger partial charge in [0.15, 0.2) is 5.69 Å². The summed E-state index contributed by atoms with van der Waals surface area (Å²) in [6.07, 6.45) is 3.34. The highest BCUT2D eigenvalue weighted by Gasteiger charge is 2.32. The fourth-order valence-corrected chi connectivity index (χ4v) is 3.69. The number of carbonyl (C=O) groups is 1. The van der Waals surface area contributed by atoms with E-state index in [1.807, 2.05) is 40.9 Å². The van der Waals surface area contributed by atoms with Crippen molar-refractivity contribution in [2.45, 2.75) is 38.8 Å². The SMILES string of the molecule is C[C@H]1CCCCN1C(=O)c1nn(C)c2c1COc1ccccc1-2. The Morgan fingerprint density at radius 2 is 2.13 bits per heavy atom. The number of amides is 1. The van der Waals surface area contributed by atoms with Crippen LogP contribution in [0.4, 0.5) is 0 Å². The van der Waals surface area contributed by atoms with Crippen molar-refractivity contribution in [1.82, 2.24) is 14.7 Å². The Hall–Kier alpha value is -2.30. The third-order valence-electron chi connectivity index (χ3n) is 4.93. The fraction of sp³-hybridized carbons (Fsp3) is 0.444. The molecule has 4 rings (SSSR count). The number of ether oxygens (including phenoxy) is 1. The molecule has 120 valence electrons. The predicted octanol–water partition coefficient (Wildman–Crippen LogP) is 2.99. The lowest BCUT2D eigenvalue weighted by atomic mass is 10.00. The number of hydrogen-bond donors (Lipinski definition) is 0. The average Bonchev–Trinajstić information content (AvgIpc) is 2.92. The highest BCUT2D eigenvalue weighted by molar-refractivity contribution is 5.96. The second kappa shape index (κ2) is 5.41. The number of fused-ring (bicyclic) bond motifs is 3. The monoisotopic (exact) mass is 311 g/mol. The predicted molar refractivity (Wildman–Crippen MR) is 87.3 cm³/mol. The summed E-state index contributed by atoms with van der Waals surface area (Å²) in [7, 11) is 1.90. The molecular weight excluding hydrogens is 290 g/mol. The quantitative estimate of drug-likeness (QED) is 0.813. The third kappa shape index (κ3) is 2.22. The van der Waals surface area contributed by atoms with Gasteiger partial charge in [0.1, 0.15) is 12.4 Å². The van der Waals surface area contributed by atoms with Gasteiger partial charge >= 0.3 is 0 Å². The van der Waals surface area contributed by atoms with Crippen molar-refractivity contribution < 1.29 is 9.53 Å². The lowest BCUT2D eigenvalue weighted by molar-refractivity contribution is 0.0626. The largest absolute Gasteiger partial charge is 0.488 e. The first kappa shape index (κ1) is 14.3. The standard InChI is InChI=1S/C18H21N3O2/c1-12-7-5-6-10-21(12)18(22)16-14-11-23-15-9-4-3-8-13(15)17(14)20(2)19-16/h3-4,8-9,12H,5-7,10-11H2,1-2H3/t12-/m0/s1. The summed E-state index contributed by atoms with van der Waals surface area (Å²) in [6, 6.07) is 8.21. The molecular formula is C18H21N3O2. The van der Waals surface area contributed by atoms with Gasteiger partial charge in [-0.3, -0.25) is 9.48 Å². The Morgan fingerprint density at radius 1 is 1.30 bits per heavy atom. The number of carbonyl (C=O) groups excluding carboxylic acids is 1. The van der Waals surface area contributed by atoms with Gasteiger partial charge < -0.3 is 9.64 Å². The lowest BCUT2D eigenvalue weighted by Crippen LogP contribution is -2.42. The van der Waals surface area contributed by atoms with Crippen molar-refractivity contribution in [2.75, 3.05) is 6.54 Å². The molecule has 1 amide bonds. The minimum Gasteiger partial charge on any atom is -0.488 e. The third-order valence-corrected chi connectivity index (χ3v) is 4.93. The topological polar surface area (TPSA) is 47.4 Å². The zero-order valence-electron chi connectivity index (χ0n) is 13.6. The number of rotatable bonds is 1. The number of benzene rings is 1. The first-order chi connectivity index (χ1) is 11.2. The van der Waals surface area contributed by atoms with Crippen LogP contribution in [-0.2, 0) is 13.7 Å². The maximum atomic E-state index is 13.0. The summed E-state index contributed by atoms with van der Waals surface area (Å²) in [5.74, 6) is 0.894. The van der Waals surface area contributed by atoms with Crippen molar-refractivity contribution in [2.24, 2.45) is 7.05 Å². The van der Waals surface area contributed by atoms with Gasteiger partial charge in [-0.25, -0.2) is 0 Å². The summed E-state index contributed by atoms with van der Waals surface area (Å²) in [6.45, 7) is 3.35. The van der Waals surface area contributed by atoms with Crippen LogP contribution in [0.1, 0.15) is 42.2 Å². The van der Waals surface area contributed by atoms with Crippen LogP contribution < -0.4 is 4.74 Å². The molecule has 5 heteroatoms. The fourth-order valence-electron chi connectivity index (χ4n) is 3.69. The summed E-state index contributed by atoms with van der Waals surface area (Å²) < 4.78 is 7.66. The van der Waals surface area contributed by atoms with Crippen LogP contribution in [0, 0.1) is 0 Å². The maximum absolute atomic E-state index is 13.0. The number of hydrogen-bond acceptors (Lipinski definition) is 3. The first-order valence-electron chi connectivity index (χ1n) is 8.26. The molecule has 0 N–H and O–H groups in total. The smallest absolute Gasteiger partial charge is 0.275 e. The number of aryl methyl sites for hydroxylation is 1. The van der Waals surface area contributed by atoms with Gasteiger partial charge in [-0.1, -0.05) is 12.1 Å². The molecule has 1 fully saturated rings. The summed E-state index contributed by atoms with van der Waals surface area (Å²) in [5.41, 5.74) is 3.47. The molecule has 0 radical (unpaired) electrons. The molecule has 0 unspecified atom stereocenters. The van der Waals surface area contributed by atoms with E-state index in [2.05, 4.69) is 12.0 Å². The maximum Gasteiger partial charge on any atom is 0.275 e. The van der Waals surface area contributed by atoms with Crippen molar-refractivity contribution in [3.63, 3.8) is 0 Å². The molecule has 2 aliphatic rings. The van der Waals surface area contributed by atoms with Gasteiger partial charge in [-0.15, -0.1) is 0 Å².